The van der Waals surface area contributed by atoms with Crippen LogP contribution in [-0.4, -0.2) is 28.3 Å². The highest BCUT2D eigenvalue weighted by molar-refractivity contribution is 7.99. The third kappa shape index (κ3) is 4.26. The van der Waals surface area contributed by atoms with Gasteiger partial charge in [-0.15, -0.1) is 0 Å². The van der Waals surface area contributed by atoms with Crippen molar-refractivity contribution in [2.75, 3.05) is 18.6 Å². The van der Waals surface area contributed by atoms with Gasteiger partial charge in [0.2, 0.25) is 0 Å². The number of aryl methyl sites for hydroxylation is 2. The van der Waals surface area contributed by atoms with Crippen LogP contribution >= 0.6 is 11.8 Å². The van der Waals surface area contributed by atoms with E-state index in [9.17, 15) is 0 Å². The second kappa shape index (κ2) is 6.90. The summed E-state index contributed by atoms with van der Waals surface area (Å²) in [7, 11) is 1.97. The molecule has 15 heavy (non-hydrogen) atoms. The van der Waals surface area contributed by atoms with Gasteiger partial charge in [0.15, 0.2) is 0 Å². The van der Waals surface area contributed by atoms with Gasteiger partial charge in [-0.3, -0.25) is 4.68 Å². The lowest BCUT2D eigenvalue weighted by Gasteiger charge is -2.00. The fourth-order valence-electron chi connectivity index (χ4n) is 1.51. The topological polar surface area (TPSA) is 29.9 Å². The van der Waals surface area contributed by atoms with E-state index in [0.29, 0.717) is 0 Å². The standard InChI is InChI=1S/C11H21N3S/c1-4-15-7-5-6-14-9-11(8-12-3)10(2)13-14/h9,12H,4-8H2,1-3H3. The molecule has 1 aromatic rings. The number of nitrogens with one attached hydrogen (secondary N) is 1. The monoisotopic (exact) mass is 227 g/mol. The fraction of sp³-hybridized carbons (Fsp3) is 0.727. The van der Waals surface area contributed by atoms with Gasteiger partial charge >= 0.3 is 0 Å². The first kappa shape index (κ1) is 12.6. The average molecular weight is 227 g/mol. The molecule has 1 aromatic heterocycles. The molecule has 0 spiro atoms. The molecule has 0 saturated heterocycles. The van der Waals surface area contributed by atoms with E-state index in [1.165, 1.54) is 23.5 Å². The fourth-order valence-corrected chi connectivity index (χ4v) is 2.13. The lowest BCUT2D eigenvalue weighted by molar-refractivity contribution is 0.601. The second-order valence-corrected chi connectivity index (χ2v) is 4.98. The summed E-state index contributed by atoms with van der Waals surface area (Å²) in [6.07, 6.45) is 3.36. The molecule has 0 bridgehead atoms. The first-order valence-corrected chi connectivity index (χ1v) is 6.68. The molecule has 0 aliphatic carbocycles. The second-order valence-electron chi connectivity index (χ2n) is 3.58. The van der Waals surface area contributed by atoms with Crippen molar-refractivity contribution in [3.8, 4) is 0 Å². The molecule has 1 N–H and O–H groups in total. The summed E-state index contributed by atoms with van der Waals surface area (Å²) in [5.74, 6) is 2.44. The molecule has 4 heteroatoms. The molecule has 3 nitrogen and oxygen atoms in total. The van der Waals surface area contributed by atoms with Crippen molar-refractivity contribution in [3.05, 3.63) is 17.5 Å². The first-order valence-electron chi connectivity index (χ1n) is 5.53. The molecule has 0 fully saturated rings. The number of thioether (sulfide) groups is 1. The van der Waals surface area contributed by atoms with Crippen molar-refractivity contribution in [2.45, 2.75) is 33.4 Å². The molecule has 1 rings (SSSR count). The highest BCUT2D eigenvalue weighted by atomic mass is 32.2. The van der Waals surface area contributed by atoms with E-state index >= 15 is 0 Å². The van der Waals surface area contributed by atoms with Gasteiger partial charge in [0, 0.05) is 24.8 Å². The normalized spacial score (nSPS) is 10.9. The summed E-state index contributed by atoms with van der Waals surface area (Å²) in [5, 5.41) is 7.65. The highest BCUT2D eigenvalue weighted by Crippen LogP contribution is 2.07. The summed E-state index contributed by atoms with van der Waals surface area (Å²) < 4.78 is 2.07. The Bertz CT molecular complexity index is 283. The van der Waals surface area contributed by atoms with Crippen molar-refractivity contribution in [2.24, 2.45) is 0 Å². The van der Waals surface area contributed by atoms with Gasteiger partial charge in [-0.1, -0.05) is 6.92 Å². The highest BCUT2D eigenvalue weighted by Gasteiger charge is 2.02. The molecule has 0 aliphatic heterocycles. The van der Waals surface area contributed by atoms with E-state index < -0.39 is 0 Å². The Labute approximate surface area is 96.6 Å². The molecular formula is C11H21N3S. The number of hydrogen-bond donors (Lipinski definition) is 1. The van der Waals surface area contributed by atoms with Crippen LogP contribution in [0.5, 0.6) is 0 Å². The number of aromatic nitrogens is 2. The molecule has 0 unspecified atom stereocenters. The molecular weight excluding hydrogens is 206 g/mol. The van der Waals surface area contributed by atoms with Gasteiger partial charge < -0.3 is 5.32 Å². The summed E-state index contributed by atoms with van der Waals surface area (Å²) in [6, 6.07) is 0. The van der Waals surface area contributed by atoms with E-state index in [-0.39, 0.29) is 0 Å². The van der Waals surface area contributed by atoms with Crippen molar-refractivity contribution in [1.82, 2.24) is 15.1 Å². The Hall–Kier alpha value is -0.480. The summed E-state index contributed by atoms with van der Waals surface area (Å²) in [4.78, 5) is 0. The largest absolute Gasteiger partial charge is 0.316 e. The average Bonchev–Trinajstić information content (AvgIpc) is 2.55. The number of nitrogens with zero attached hydrogens (tertiary/aromatic N) is 2. The Morgan fingerprint density at radius 1 is 1.53 bits per heavy atom. The molecule has 0 atom stereocenters. The van der Waals surface area contributed by atoms with Gasteiger partial charge in [-0.05, 0) is 31.9 Å². The van der Waals surface area contributed by atoms with Gasteiger partial charge in [0.1, 0.15) is 0 Å². The molecule has 0 saturated carbocycles. The Morgan fingerprint density at radius 2 is 2.33 bits per heavy atom. The zero-order valence-electron chi connectivity index (χ0n) is 9.92. The molecule has 1 heterocycles. The Balaban J connectivity index is 2.37. The van der Waals surface area contributed by atoms with E-state index in [1.807, 2.05) is 18.8 Å². The maximum absolute atomic E-state index is 4.49. The Kier molecular flexibility index (Phi) is 5.79. The minimum Gasteiger partial charge on any atom is -0.316 e. The van der Waals surface area contributed by atoms with Crippen LogP contribution in [0, 0.1) is 6.92 Å². The quantitative estimate of drug-likeness (QED) is 0.723. The zero-order valence-corrected chi connectivity index (χ0v) is 10.7. The minimum atomic E-state index is 0.912. The lowest BCUT2D eigenvalue weighted by atomic mass is 10.3. The van der Waals surface area contributed by atoms with Crippen molar-refractivity contribution in [1.29, 1.82) is 0 Å². The molecule has 0 amide bonds. The molecule has 0 aromatic carbocycles. The first-order chi connectivity index (χ1) is 7.27. The zero-order chi connectivity index (χ0) is 11.1. The van der Waals surface area contributed by atoms with Crippen LogP contribution in [0.4, 0.5) is 0 Å². The van der Waals surface area contributed by atoms with E-state index in [4.69, 9.17) is 0 Å². The third-order valence-corrected chi connectivity index (χ3v) is 3.28. The predicted molar refractivity (Wildman–Crippen MR) is 67.3 cm³/mol. The maximum atomic E-state index is 4.49. The number of hydrogen-bond acceptors (Lipinski definition) is 3. The van der Waals surface area contributed by atoms with Gasteiger partial charge in [-0.25, -0.2) is 0 Å². The van der Waals surface area contributed by atoms with Gasteiger partial charge in [-0.2, -0.15) is 16.9 Å². The lowest BCUT2D eigenvalue weighted by Crippen LogP contribution is -2.05. The SMILES string of the molecule is CCSCCCn1cc(CNC)c(C)n1. The van der Waals surface area contributed by atoms with Crippen LogP contribution in [0.2, 0.25) is 0 Å². The van der Waals surface area contributed by atoms with Crippen LogP contribution in [0.25, 0.3) is 0 Å². The molecule has 0 aliphatic rings. The van der Waals surface area contributed by atoms with Crippen LogP contribution in [0.3, 0.4) is 0 Å². The van der Waals surface area contributed by atoms with Crippen molar-refractivity contribution < 1.29 is 0 Å². The van der Waals surface area contributed by atoms with Crippen LogP contribution in [0.1, 0.15) is 24.6 Å². The van der Waals surface area contributed by atoms with Crippen LogP contribution in [-0.2, 0) is 13.1 Å². The number of rotatable bonds is 7. The maximum Gasteiger partial charge on any atom is 0.0638 e. The summed E-state index contributed by atoms with van der Waals surface area (Å²) >= 11 is 2.00. The van der Waals surface area contributed by atoms with E-state index in [2.05, 4.69) is 35.1 Å². The third-order valence-electron chi connectivity index (χ3n) is 2.30. The predicted octanol–water partition coefficient (Wildman–Crippen LogP) is 2.05. The smallest absolute Gasteiger partial charge is 0.0638 e. The van der Waals surface area contributed by atoms with Crippen LogP contribution < -0.4 is 5.32 Å². The Morgan fingerprint density at radius 3 is 3.00 bits per heavy atom. The minimum absolute atomic E-state index is 0.912. The van der Waals surface area contributed by atoms with Crippen molar-refractivity contribution >= 4 is 11.8 Å². The van der Waals surface area contributed by atoms with E-state index in [1.54, 1.807) is 0 Å². The van der Waals surface area contributed by atoms with Crippen LogP contribution in [0.15, 0.2) is 6.20 Å². The molecule has 86 valence electrons. The summed E-state index contributed by atoms with van der Waals surface area (Å²) in [5.41, 5.74) is 2.45. The van der Waals surface area contributed by atoms with Crippen molar-refractivity contribution in [3.63, 3.8) is 0 Å². The molecule has 0 radical (unpaired) electrons. The summed E-state index contributed by atoms with van der Waals surface area (Å²) in [6.45, 7) is 6.23. The van der Waals surface area contributed by atoms with E-state index in [0.717, 1.165) is 18.8 Å². The van der Waals surface area contributed by atoms with Gasteiger partial charge in [0.05, 0.1) is 5.69 Å². The van der Waals surface area contributed by atoms with Gasteiger partial charge in [0.25, 0.3) is 0 Å².